The summed E-state index contributed by atoms with van der Waals surface area (Å²) in [5, 5.41) is 5.78. The SMILES string of the molecule is COCC(=O)Nc1ccc(NC(=O)C2CCc3ccccc32)cc1C. The van der Waals surface area contributed by atoms with Gasteiger partial charge in [-0.15, -0.1) is 0 Å². The second-order valence-corrected chi connectivity index (χ2v) is 6.29. The number of amides is 2. The van der Waals surface area contributed by atoms with E-state index in [1.807, 2.05) is 31.2 Å². The minimum Gasteiger partial charge on any atom is -0.375 e. The molecule has 0 fully saturated rings. The average molecular weight is 338 g/mol. The Kier molecular flexibility index (Phi) is 5.14. The van der Waals surface area contributed by atoms with Gasteiger partial charge in [0.2, 0.25) is 11.8 Å². The zero-order chi connectivity index (χ0) is 17.8. The Morgan fingerprint density at radius 2 is 1.96 bits per heavy atom. The molecule has 3 rings (SSSR count). The number of hydrogen-bond donors (Lipinski definition) is 2. The van der Waals surface area contributed by atoms with Crippen molar-refractivity contribution in [3.05, 3.63) is 59.2 Å². The quantitative estimate of drug-likeness (QED) is 0.879. The second kappa shape index (κ2) is 7.49. The average Bonchev–Trinajstić information content (AvgIpc) is 3.02. The van der Waals surface area contributed by atoms with Crippen LogP contribution in [0.1, 0.15) is 29.0 Å². The molecule has 0 bridgehead atoms. The lowest BCUT2D eigenvalue weighted by Crippen LogP contribution is -2.20. The standard InChI is InChI=1S/C20H22N2O3/c1-13-11-15(8-10-18(13)22-19(23)12-25-2)21-20(24)17-9-7-14-5-3-4-6-16(14)17/h3-6,8,10-11,17H,7,9,12H2,1-2H3,(H,21,24)(H,22,23). The predicted octanol–water partition coefficient (Wildman–Crippen LogP) is 3.25. The third-order valence-corrected chi connectivity index (χ3v) is 4.49. The van der Waals surface area contributed by atoms with Crippen LogP contribution in [-0.4, -0.2) is 25.5 Å². The van der Waals surface area contributed by atoms with Crippen LogP contribution in [0.4, 0.5) is 11.4 Å². The number of benzene rings is 2. The molecule has 1 unspecified atom stereocenters. The molecule has 0 saturated heterocycles. The molecule has 0 heterocycles. The number of nitrogens with one attached hydrogen (secondary N) is 2. The Morgan fingerprint density at radius 1 is 1.16 bits per heavy atom. The number of carbonyl (C=O) groups is 2. The summed E-state index contributed by atoms with van der Waals surface area (Å²) in [6, 6.07) is 13.6. The van der Waals surface area contributed by atoms with Crippen LogP contribution < -0.4 is 10.6 Å². The zero-order valence-corrected chi connectivity index (χ0v) is 14.5. The molecular formula is C20H22N2O3. The van der Waals surface area contributed by atoms with Gasteiger partial charge in [0.15, 0.2) is 0 Å². The highest BCUT2D eigenvalue weighted by molar-refractivity contribution is 5.97. The van der Waals surface area contributed by atoms with E-state index in [9.17, 15) is 9.59 Å². The fraction of sp³-hybridized carbons (Fsp3) is 0.300. The maximum atomic E-state index is 12.6. The van der Waals surface area contributed by atoms with Gasteiger partial charge in [0.1, 0.15) is 6.61 Å². The minimum atomic E-state index is -0.204. The van der Waals surface area contributed by atoms with Crippen molar-refractivity contribution in [1.82, 2.24) is 0 Å². The minimum absolute atomic E-state index is 0.0129. The highest BCUT2D eigenvalue weighted by Crippen LogP contribution is 2.34. The van der Waals surface area contributed by atoms with Gasteiger partial charge < -0.3 is 15.4 Å². The van der Waals surface area contributed by atoms with Gasteiger partial charge in [-0.2, -0.15) is 0 Å². The van der Waals surface area contributed by atoms with Gasteiger partial charge in [-0.3, -0.25) is 9.59 Å². The van der Waals surface area contributed by atoms with Gasteiger partial charge in [0.25, 0.3) is 0 Å². The van der Waals surface area contributed by atoms with E-state index >= 15 is 0 Å². The van der Waals surface area contributed by atoms with E-state index in [0.717, 1.165) is 29.7 Å². The highest BCUT2D eigenvalue weighted by atomic mass is 16.5. The van der Waals surface area contributed by atoms with Gasteiger partial charge in [-0.25, -0.2) is 0 Å². The van der Waals surface area contributed by atoms with Crippen molar-refractivity contribution in [3.63, 3.8) is 0 Å². The van der Waals surface area contributed by atoms with Crippen LogP contribution in [0, 0.1) is 6.92 Å². The Hall–Kier alpha value is -2.66. The van der Waals surface area contributed by atoms with Crippen molar-refractivity contribution < 1.29 is 14.3 Å². The predicted molar refractivity (Wildman–Crippen MR) is 97.8 cm³/mol. The summed E-state index contributed by atoms with van der Waals surface area (Å²) in [5.74, 6) is -0.289. The molecule has 2 aromatic rings. The van der Waals surface area contributed by atoms with E-state index in [1.54, 1.807) is 12.1 Å². The van der Waals surface area contributed by atoms with Gasteiger partial charge >= 0.3 is 0 Å². The van der Waals surface area contributed by atoms with Gasteiger partial charge in [0, 0.05) is 18.5 Å². The molecule has 25 heavy (non-hydrogen) atoms. The number of fused-ring (bicyclic) bond motifs is 1. The van der Waals surface area contributed by atoms with Crippen molar-refractivity contribution in [3.8, 4) is 0 Å². The van der Waals surface area contributed by atoms with Crippen LogP contribution in [0.5, 0.6) is 0 Å². The lowest BCUT2D eigenvalue weighted by molar-refractivity contribution is -0.119. The fourth-order valence-corrected chi connectivity index (χ4v) is 3.26. The maximum Gasteiger partial charge on any atom is 0.250 e. The van der Waals surface area contributed by atoms with Crippen LogP contribution in [-0.2, 0) is 20.7 Å². The molecule has 130 valence electrons. The molecule has 0 radical (unpaired) electrons. The summed E-state index contributed by atoms with van der Waals surface area (Å²) in [6.07, 6.45) is 1.78. The molecule has 1 atom stereocenters. The molecule has 2 aromatic carbocycles. The summed E-state index contributed by atoms with van der Waals surface area (Å²) < 4.78 is 4.81. The summed E-state index contributed by atoms with van der Waals surface area (Å²) in [4.78, 5) is 24.3. The Labute approximate surface area is 147 Å². The zero-order valence-electron chi connectivity index (χ0n) is 14.5. The molecule has 1 aliphatic carbocycles. The van der Waals surface area contributed by atoms with E-state index < -0.39 is 0 Å². The molecule has 2 amide bonds. The first kappa shape index (κ1) is 17.2. The summed E-state index contributed by atoms with van der Waals surface area (Å²) in [7, 11) is 1.48. The van der Waals surface area contributed by atoms with Crippen LogP contribution in [0.25, 0.3) is 0 Å². The van der Waals surface area contributed by atoms with Gasteiger partial charge in [0.05, 0.1) is 5.92 Å². The van der Waals surface area contributed by atoms with Crippen LogP contribution >= 0.6 is 0 Å². The molecule has 5 nitrogen and oxygen atoms in total. The van der Waals surface area contributed by atoms with Crippen molar-refractivity contribution in [2.75, 3.05) is 24.4 Å². The Morgan fingerprint density at radius 3 is 2.72 bits per heavy atom. The first-order chi connectivity index (χ1) is 12.1. The molecule has 0 spiro atoms. The lowest BCUT2D eigenvalue weighted by atomic mass is 10.0. The van der Waals surface area contributed by atoms with Crippen LogP contribution in [0.2, 0.25) is 0 Å². The Bertz CT molecular complexity index is 801. The van der Waals surface area contributed by atoms with Crippen LogP contribution in [0.3, 0.4) is 0 Å². The van der Waals surface area contributed by atoms with E-state index in [2.05, 4.69) is 16.7 Å². The first-order valence-corrected chi connectivity index (χ1v) is 8.36. The molecule has 5 heteroatoms. The van der Waals surface area contributed by atoms with Crippen molar-refractivity contribution in [2.45, 2.75) is 25.7 Å². The van der Waals surface area contributed by atoms with Crippen molar-refractivity contribution in [1.29, 1.82) is 0 Å². The molecular weight excluding hydrogens is 316 g/mol. The number of rotatable bonds is 5. The monoisotopic (exact) mass is 338 g/mol. The van der Waals surface area contributed by atoms with Crippen molar-refractivity contribution >= 4 is 23.2 Å². The van der Waals surface area contributed by atoms with E-state index in [1.165, 1.54) is 12.7 Å². The summed E-state index contributed by atoms with van der Waals surface area (Å²) >= 11 is 0. The van der Waals surface area contributed by atoms with Crippen molar-refractivity contribution in [2.24, 2.45) is 0 Å². The van der Waals surface area contributed by atoms with E-state index in [0.29, 0.717) is 5.69 Å². The van der Waals surface area contributed by atoms with E-state index in [-0.39, 0.29) is 24.3 Å². The van der Waals surface area contributed by atoms with Crippen LogP contribution in [0.15, 0.2) is 42.5 Å². The third kappa shape index (κ3) is 3.88. The molecule has 0 aliphatic heterocycles. The summed E-state index contributed by atoms with van der Waals surface area (Å²) in [5.41, 5.74) is 4.71. The number of carbonyl (C=O) groups excluding carboxylic acids is 2. The number of ether oxygens (including phenoxy) is 1. The number of hydrogen-bond acceptors (Lipinski definition) is 3. The van der Waals surface area contributed by atoms with Gasteiger partial charge in [-0.1, -0.05) is 24.3 Å². The Balaban J connectivity index is 1.68. The third-order valence-electron chi connectivity index (χ3n) is 4.49. The second-order valence-electron chi connectivity index (χ2n) is 6.29. The lowest BCUT2D eigenvalue weighted by Gasteiger charge is -2.14. The highest BCUT2D eigenvalue weighted by Gasteiger charge is 2.28. The summed E-state index contributed by atoms with van der Waals surface area (Å²) in [6.45, 7) is 1.90. The molecule has 0 aromatic heterocycles. The fourth-order valence-electron chi connectivity index (χ4n) is 3.26. The maximum absolute atomic E-state index is 12.6. The largest absolute Gasteiger partial charge is 0.375 e. The number of anilines is 2. The first-order valence-electron chi connectivity index (χ1n) is 8.36. The smallest absolute Gasteiger partial charge is 0.250 e. The molecule has 0 saturated carbocycles. The van der Waals surface area contributed by atoms with E-state index in [4.69, 9.17) is 4.74 Å². The number of methoxy groups -OCH3 is 1. The topological polar surface area (TPSA) is 67.4 Å². The van der Waals surface area contributed by atoms with Gasteiger partial charge in [-0.05, 0) is 54.7 Å². The molecule has 2 N–H and O–H groups in total. The normalized spacial score (nSPS) is 15.5. The number of aryl methyl sites for hydroxylation is 2. The molecule has 1 aliphatic rings.